The van der Waals surface area contributed by atoms with Crippen molar-refractivity contribution in [1.29, 1.82) is 0 Å². The van der Waals surface area contributed by atoms with Crippen LogP contribution in [0.15, 0.2) is 58.0 Å². The van der Waals surface area contributed by atoms with Crippen molar-refractivity contribution in [2.75, 3.05) is 14.2 Å². The summed E-state index contributed by atoms with van der Waals surface area (Å²) in [6.07, 6.45) is 1.47. The van der Waals surface area contributed by atoms with E-state index in [0.29, 0.717) is 17.1 Å². The molecule has 0 unspecified atom stereocenters. The van der Waals surface area contributed by atoms with Gasteiger partial charge in [0.05, 0.1) is 24.0 Å². The Balaban J connectivity index is 2.45. The average molecular weight is 331 g/mol. The van der Waals surface area contributed by atoms with Crippen LogP contribution >= 0.6 is 11.8 Å². The molecule has 23 heavy (non-hydrogen) atoms. The van der Waals surface area contributed by atoms with Crippen molar-refractivity contribution in [3.8, 4) is 11.5 Å². The zero-order valence-corrected chi connectivity index (χ0v) is 13.9. The lowest BCUT2D eigenvalue weighted by atomic mass is 10.1. The Morgan fingerprint density at radius 1 is 1.13 bits per heavy atom. The molecule has 0 N–H and O–H groups in total. The Kier molecular flexibility index (Phi) is 5.65. The van der Waals surface area contributed by atoms with Crippen LogP contribution < -0.4 is 9.47 Å². The summed E-state index contributed by atoms with van der Waals surface area (Å²) in [5.74, 6) is 1.20. The van der Waals surface area contributed by atoms with Crippen LogP contribution in [-0.2, 0) is 0 Å². The quantitative estimate of drug-likeness (QED) is 0.576. The van der Waals surface area contributed by atoms with Gasteiger partial charge in [0.2, 0.25) is 5.70 Å². The first kappa shape index (κ1) is 16.9. The molecule has 0 aromatic heterocycles. The molecule has 2 rings (SSSR count). The fraction of sp³-hybridized carbons (Fsp3) is 0.176. The van der Waals surface area contributed by atoms with Gasteiger partial charge in [-0.2, -0.15) is 0 Å². The standard InChI is InChI=1S/C17H17NO4S/c1-12(18(19)20)9-13-10-16(22-3)17(11-15(13)21-2)23-14-7-5-4-6-8-14/h4-11H,1-3H3. The fourth-order valence-electron chi connectivity index (χ4n) is 1.98. The Bertz CT molecular complexity index is 729. The van der Waals surface area contributed by atoms with Crippen LogP contribution in [0.2, 0.25) is 0 Å². The largest absolute Gasteiger partial charge is 0.496 e. The second-order valence-electron chi connectivity index (χ2n) is 4.70. The number of hydrogen-bond donors (Lipinski definition) is 0. The molecule has 0 saturated heterocycles. The van der Waals surface area contributed by atoms with E-state index in [0.717, 1.165) is 9.79 Å². The monoisotopic (exact) mass is 331 g/mol. The fourth-order valence-corrected chi connectivity index (χ4v) is 2.94. The smallest absolute Gasteiger partial charge is 0.243 e. The normalized spacial score (nSPS) is 11.2. The molecule has 0 aliphatic rings. The minimum Gasteiger partial charge on any atom is -0.496 e. The average Bonchev–Trinajstić information content (AvgIpc) is 2.56. The third-order valence-electron chi connectivity index (χ3n) is 3.14. The SMILES string of the molecule is COc1cc(Sc2ccccc2)c(OC)cc1C=C(C)[N+](=O)[O-]. The van der Waals surface area contributed by atoms with E-state index in [-0.39, 0.29) is 5.70 Å². The summed E-state index contributed by atoms with van der Waals surface area (Å²) in [5, 5.41) is 10.8. The van der Waals surface area contributed by atoms with Gasteiger partial charge in [-0.3, -0.25) is 10.1 Å². The second kappa shape index (κ2) is 7.69. The van der Waals surface area contributed by atoms with E-state index < -0.39 is 4.92 Å². The summed E-state index contributed by atoms with van der Waals surface area (Å²) in [5.41, 5.74) is 0.643. The molecule has 5 nitrogen and oxygen atoms in total. The van der Waals surface area contributed by atoms with Crippen LogP contribution in [0.1, 0.15) is 12.5 Å². The maximum atomic E-state index is 10.8. The van der Waals surface area contributed by atoms with E-state index in [2.05, 4.69) is 0 Å². The number of benzene rings is 2. The highest BCUT2D eigenvalue weighted by molar-refractivity contribution is 7.99. The molecule has 0 saturated carbocycles. The number of methoxy groups -OCH3 is 2. The number of nitrogens with zero attached hydrogens (tertiary/aromatic N) is 1. The predicted octanol–water partition coefficient (Wildman–Crippen LogP) is 4.49. The Labute approximate surface area is 139 Å². The van der Waals surface area contributed by atoms with Gasteiger partial charge in [0.15, 0.2) is 0 Å². The minimum atomic E-state index is -0.432. The van der Waals surface area contributed by atoms with Gasteiger partial charge in [-0.25, -0.2) is 0 Å². The van der Waals surface area contributed by atoms with Crippen LogP contribution in [0.4, 0.5) is 0 Å². The zero-order chi connectivity index (χ0) is 16.8. The number of rotatable bonds is 6. The summed E-state index contributed by atoms with van der Waals surface area (Å²) < 4.78 is 10.8. The van der Waals surface area contributed by atoms with Gasteiger partial charge in [0, 0.05) is 23.5 Å². The Morgan fingerprint density at radius 2 is 1.78 bits per heavy atom. The van der Waals surface area contributed by atoms with Crippen molar-refractivity contribution >= 4 is 17.8 Å². The van der Waals surface area contributed by atoms with E-state index in [4.69, 9.17) is 9.47 Å². The molecule has 0 aliphatic heterocycles. The van der Waals surface area contributed by atoms with Crippen molar-refractivity contribution in [3.05, 3.63) is 63.8 Å². The summed E-state index contributed by atoms with van der Waals surface area (Å²) in [6.45, 7) is 1.44. The van der Waals surface area contributed by atoms with Crippen LogP contribution in [0.25, 0.3) is 6.08 Å². The highest BCUT2D eigenvalue weighted by atomic mass is 32.2. The molecular weight excluding hydrogens is 314 g/mol. The molecule has 6 heteroatoms. The topological polar surface area (TPSA) is 61.6 Å². The summed E-state index contributed by atoms with van der Waals surface area (Å²) in [7, 11) is 3.11. The van der Waals surface area contributed by atoms with Crippen molar-refractivity contribution in [1.82, 2.24) is 0 Å². The number of nitro groups is 1. The first-order valence-electron chi connectivity index (χ1n) is 6.86. The molecule has 0 heterocycles. The molecule has 0 fully saturated rings. The molecule has 0 amide bonds. The Hall–Kier alpha value is -2.47. The van der Waals surface area contributed by atoms with Gasteiger partial charge < -0.3 is 9.47 Å². The molecule has 2 aromatic rings. The third-order valence-corrected chi connectivity index (χ3v) is 4.19. The number of ether oxygens (including phenoxy) is 2. The molecule has 0 aliphatic carbocycles. The Morgan fingerprint density at radius 3 is 2.35 bits per heavy atom. The molecule has 0 spiro atoms. The van der Waals surface area contributed by atoms with Gasteiger partial charge in [0.25, 0.3) is 0 Å². The molecule has 0 radical (unpaired) electrons. The van der Waals surface area contributed by atoms with E-state index in [1.54, 1.807) is 24.9 Å². The lowest BCUT2D eigenvalue weighted by Crippen LogP contribution is -1.96. The van der Waals surface area contributed by atoms with Gasteiger partial charge in [0.1, 0.15) is 11.5 Å². The molecular formula is C17H17NO4S. The molecule has 0 bridgehead atoms. The first-order chi connectivity index (χ1) is 11.0. The van der Waals surface area contributed by atoms with Crippen LogP contribution in [0, 0.1) is 10.1 Å². The summed E-state index contributed by atoms with van der Waals surface area (Å²) in [6, 6.07) is 13.5. The molecule has 0 atom stereocenters. The third kappa shape index (κ3) is 4.26. The van der Waals surface area contributed by atoms with Crippen LogP contribution in [0.5, 0.6) is 11.5 Å². The van der Waals surface area contributed by atoms with Gasteiger partial charge in [-0.15, -0.1) is 0 Å². The maximum Gasteiger partial charge on any atom is 0.243 e. The van der Waals surface area contributed by atoms with Gasteiger partial charge >= 0.3 is 0 Å². The molecule has 120 valence electrons. The summed E-state index contributed by atoms with van der Waals surface area (Å²) >= 11 is 1.54. The number of hydrogen-bond acceptors (Lipinski definition) is 5. The number of allylic oxidation sites excluding steroid dienone is 1. The lowest BCUT2D eigenvalue weighted by molar-refractivity contribution is -0.422. The van der Waals surface area contributed by atoms with Crippen molar-refractivity contribution < 1.29 is 14.4 Å². The second-order valence-corrected chi connectivity index (χ2v) is 5.82. The van der Waals surface area contributed by atoms with Crippen molar-refractivity contribution in [3.63, 3.8) is 0 Å². The van der Waals surface area contributed by atoms with Crippen LogP contribution in [0.3, 0.4) is 0 Å². The van der Waals surface area contributed by atoms with E-state index in [1.807, 2.05) is 36.4 Å². The highest BCUT2D eigenvalue weighted by Gasteiger charge is 2.13. The van der Waals surface area contributed by atoms with Crippen LogP contribution in [-0.4, -0.2) is 19.1 Å². The molecule has 2 aromatic carbocycles. The predicted molar refractivity (Wildman–Crippen MR) is 90.8 cm³/mol. The summed E-state index contributed by atoms with van der Waals surface area (Å²) in [4.78, 5) is 12.3. The minimum absolute atomic E-state index is 0.0359. The van der Waals surface area contributed by atoms with Crippen molar-refractivity contribution in [2.45, 2.75) is 16.7 Å². The van der Waals surface area contributed by atoms with E-state index in [9.17, 15) is 10.1 Å². The van der Waals surface area contributed by atoms with Gasteiger partial charge in [-0.05, 0) is 24.3 Å². The lowest BCUT2D eigenvalue weighted by Gasteiger charge is -2.13. The van der Waals surface area contributed by atoms with E-state index >= 15 is 0 Å². The highest BCUT2D eigenvalue weighted by Crippen LogP contribution is 2.39. The van der Waals surface area contributed by atoms with Crippen molar-refractivity contribution in [2.24, 2.45) is 0 Å². The van der Waals surface area contributed by atoms with E-state index in [1.165, 1.54) is 20.1 Å². The van der Waals surface area contributed by atoms with Gasteiger partial charge in [-0.1, -0.05) is 30.0 Å². The maximum absolute atomic E-state index is 10.8. The zero-order valence-electron chi connectivity index (χ0n) is 13.1. The first-order valence-corrected chi connectivity index (χ1v) is 7.68.